The molecule has 0 bridgehead atoms. The maximum absolute atomic E-state index is 4.24. The molecule has 3 heterocycles. The third-order valence-electron chi connectivity index (χ3n) is 4.20. The molecular formula is C18H18N6. The molecule has 1 aromatic carbocycles. The van der Waals surface area contributed by atoms with Crippen molar-refractivity contribution in [3.63, 3.8) is 0 Å². The molecule has 0 fully saturated rings. The minimum absolute atomic E-state index is 0.785. The first-order valence-corrected chi connectivity index (χ1v) is 8.13. The molecule has 0 saturated carbocycles. The van der Waals surface area contributed by atoms with E-state index < -0.39 is 0 Å². The fraction of sp³-hybridized carbons (Fsp3) is 0.222. The Labute approximate surface area is 139 Å². The normalized spacial score (nSPS) is 11.2. The molecule has 0 saturated heterocycles. The van der Waals surface area contributed by atoms with E-state index in [4.69, 9.17) is 0 Å². The Morgan fingerprint density at radius 3 is 2.75 bits per heavy atom. The van der Waals surface area contributed by atoms with Gasteiger partial charge >= 0.3 is 0 Å². The van der Waals surface area contributed by atoms with Crippen LogP contribution in [-0.2, 0) is 12.8 Å². The zero-order valence-corrected chi connectivity index (χ0v) is 13.3. The van der Waals surface area contributed by atoms with Crippen molar-refractivity contribution in [2.75, 3.05) is 0 Å². The number of aryl methyl sites for hydroxylation is 2. The molecule has 120 valence electrons. The van der Waals surface area contributed by atoms with Gasteiger partial charge in [-0.1, -0.05) is 23.4 Å². The number of unbranched alkanes of at least 4 members (excludes halogenated alkanes) is 1. The van der Waals surface area contributed by atoms with Crippen LogP contribution in [0.4, 0.5) is 0 Å². The summed E-state index contributed by atoms with van der Waals surface area (Å²) >= 11 is 0. The lowest BCUT2D eigenvalue weighted by Crippen LogP contribution is -1.92. The summed E-state index contributed by atoms with van der Waals surface area (Å²) in [4.78, 5) is 4.24. The molecule has 0 amide bonds. The predicted molar refractivity (Wildman–Crippen MR) is 91.9 cm³/mol. The molecule has 0 aliphatic rings. The first-order valence-electron chi connectivity index (χ1n) is 8.13. The molecule has 0 aliphatic carbocycles. The number of hydrogen-bond donors (Lipinski definition) is 1. The van der Waals surface area contributed by atoms with Gasteiger partial charge in [0.25, 0.3) is 0 Å². The number of aromatic amines is 1. The van der Waals surface area contributed by atoms with Gasteiger partial charge in [-0.2, -0.15) is 5.21 Å². The summed E-state index contributed by atoms with van der Waals surface area (Å²) in [6.45, 7) is 0. The Morgan fingerprint density at radius 2 is 1.92 bits per heavy atom. The molecule has 24 heavy (non-hydrogen) atoms. The van der Waals surface area contributed by atoms with E-state index in [1.807, 2.05) is 12.3 Å². The van der Waals surface area contributed by atoms with Crippen LogP contribution in [0.25, 0.3) is 16.6 Å². The largest absolute Gasteiger partial charge is 0.315 e. The van der Waals surface area contributed by atoms with Crippen molar-refractivity contribution in [3.05, 3.63) is 66.4 Å². The number of fused-ring (bicyclic) bond motifs is 1. The molecule has 6 heteroatoms. The van der Waals surface area contributed by atoms with Crippen LogP contribution in [0, 0.1) is 0 Å². The van der Waals surface area contributed by atoms with Crippen LogP contribution in [0.15, 0.2) is 55.0 Å². The zero-order chi connectivity index (χ0) is 16.2. The number of hydrogen-bond acceptors (Lipinski definition) is 4. The summed E-state index contributed by atoms with van der Waals surface area (Å²) in [5.41, 5.74) is 3.67. The second-order valence-electron chi connectivity index (χ2n) is 5.79. The number of para-hydroxylation sites is 1. The van der Waals surface area contributed by atoms with E-state index >= 15 is 0 Å². The van der Waals surface area contributed by atoms with Gasteiger partial charge in [-0.3, -0.25) is 4.98 Å². The number of nitrogens with one attached hydrogen (secondary N) is 1. The molecular weight excluding hydrogens is 300 g/mol. The fourth-order valence-corrected chi connectivity index (χ4v) is 3.05. The predicted octanol–water partition coefficient (Wildman–Crippen LogP) is 3.10. The van der Waals surface area contributed by atoms with E-state index in [0.717, 1.165) is 37.2 Å². The van der Waals surface area contributed by atoms with Crippen molar-refractivity contribution in [2.45, 2.75) is 25.7 Å². The van der Waals surface area contributed by atoms with Crippen molar-refractivity contribution in [2.24, 2.45) is 0 Å². The number of H-pyrrole nitrogens is 1. The standard InChI is InChI=1S/C18H18N6/c1(4-10-18-20-22-23-21-18)6-14-13-24(15-7-5-11-19-12-15)17-9-3-2-8-16(14)17/h2-3,5,7-9,11-13H,1,4,6,10H2,(H,20,21,22,23). The van der Waals surface area contributed by atoms with Crippen molar-refractivity contribution in [3.8, 4) is 5.69 Å². The van der Waals surface area contributed by atoms with E-state index in [2.05, 4.69) is 66.7 Å². The third kappa shape index (κ3) is 2.90. The van der Waals surface area contributed by atoms with Crippen LogP contribution in [0.1, 0.15) is 24.2 Å². The average Bonchev–Trinajstić information content (AvgIpc) is 3.28. The summed E-state index contributed by atoms with van der Waals surface area (Å²) in [5.74, 6) is 0.785. The maximum atomic E-state index is 4.24. The van der Waals surface area contributed by atoms with Crippen molar-refractivity contribution < 1.29 is 0 Å². The molecule has 0 spiro atoms. The highest BCUT2D eigenvalue weighted by molar-refractivity contribution is 5.85. The number of benzene rings is 1. The van der Waals surface area contributed by atoms with Gasteiger partial charge in [0.05, 0.1) is 17.4 Å². The molecule has 0 aliphatic heterocycles. The average molecular weight is 318 g/mol. The number of nitrogens with zero attached hydrogens (tertiary/aromatic N) is 5. The van der Waals surface area contributed by atoms with Gasteiger partial charge in [-0.15, -0.1) is 10.2 Å². The molecule has 0 atom stereocenters. The van der Waals surface area contributed by atoms with Crippen molar-refractivity contribution >= 4 is 10.9 Å². The van der Waals surface area contributed by atoms with E-state index in [1.165, 1.54) is 16.5 Å². The third-order valence-corrected chi connectivity index (χ3v) is 4.20. The Balaban J connectivity index is 1.55. The fourth-order valence-electron chi connectivity index (χ4n) is 3.05. The monoisotopic (exact) mass is 318 g/mol. The molecule has 4 rings (SSSR count). The summed E-state index contributed by atoms with van der Waals surface area (Å²) < 4.78 is 2.22. The lowest BCUT2D eigenvalue weighted by Gasteiger charge is -2.03. The van der Waals surface area contributed by atoms with Gasteiger partial charge in [0, 0.05) is 24.2 Å². The Hall–Kier alpha value is -3.02. The number of pyridine rings is 1. The highest BCUT2D eigenvalue weighted by atomic mass is 15.5. The Bertz CT molecular complexity index is 911. The SMILES string of the molecule is c1cncc(-n2cc(CCCCc3nn[nH]n3)c3ccccc32)c1. The summed E-state index contributed by atoms with van der Waals surface area (Å²) in [6.07, 6.45) is 9.96. The van der Waals surface area contributed by atoms with Gasteiger partial charge in [0.2, 0.25) is 0 Å². The van der Waals surface area contributed by atoms with Gasteiger partial charge in [0.15, 0.2) is 5.82 Å². The smallest absolute Gasteiger partial charge is 0.174 e. The quantitative estimate of drug-likeness (QED) is 0.554. The van der Waals surface area contributed by atoms with Crippen LogP contribution >= 0.6 is 0 Å². The van der Waals surface area contributed by atoms with Crippen LogP contribution in [0.3, 0.4) is 0 Å². The van der Waals surface area contributed by atoms with Crippen molar-refractivity contribution in [1.82, 2.24) is 30.2 Å². The number of aromatic nitrogens is 6. The molecule has 4 aromatic rings. The van der Waals surface area contributed by atoms with Gasteiger partial charge in [-0.05, 0) is 43.0 Å². The number of tetrazole rings is 1. The summed E-state index contributed by atoms with van der Waals surface area (Å²) in [7, 11) is 0. The maximum Gasteiger partial charge on any atom is 0.174 e. The molecule has 0 unspecified atom stereocenters. The van der Waals surface area contributed by atoms with Crippen LogP contribution in [0.5, 0.6) is 0 Å². The second kappa shape index (κ2) is 6.62. The number of rotatable bonds is 6. The van der Waals surface area contributed by atoms with Gasteiger partial charge in [-0.25, -0.2) is 0 Å². The van der Waals surface area contributed by atoms with Crippen LogP contribution < -0.4 is 0 Å². The minimum atomic E-state index is 0.785. The van der Waals surface area contributed by atoms with Gasteiger partial charge < -0.3 is 4.57 Å². The first kappa shape index (κ1) is 14.6. The first-order chi connectivity index (χ1) is 11.9. The second-order valence-corrected chi connectivity index (χ2v) is 5.79. The van der Waals surface area contributed by atoms with E-state index in [0.29, 0.717) is 0 Å². The molecule has 3 aromatic heterocycles. The lowest BCUT2D eigenvalue weighted by molar-refractivity contribution is 0.709. The summed E-state index contributed by atoms with van der Waals surface area (Å²) in [6, 6.07) is 12.6. The minimum Gasteiger partial charge on any atom is -0.315 e. The van der Waals surface area contributed by atoms with Crippen molar-refractivity contribution in [1.29, 1.82) is 0 Å². The zero-order valence-electron chi connectivity index (χ0n) is 13.3. The Kier molecular flexibility index (Phi) is 4.02. The highest BCUT2D eigenvalue weighted by Gasteiger charge is 2.09. The topological polar surface area (TPSA) is 72.3 Å². The molecule has 1 N–H and O–H groups in total. The molecule has 6 nitrogen and oxygen atoms in total. The molecule has 0 radical (unpaired) electrons. The van der Waals surface area contributed by atoms with Crippen LogP contribution in [-0.4, -0.2) is 30.2 Å². The highest BCUT2D eigenvalue weighted by Crippen LogP contribution is 2.25. The van der Waals surface area contributed by atoms with E-state index in [-0.39, 0.29) is 0 Å². The van der Waals surface area contributed by atoms with Crippen LogP contribution in [0.2, 0.25) is 0 Å². The Morgan fingerprint density at radius 1 is 1.00 bits per heavy atom. The van der Waals surface area contributed by atoms with E-state index in [9.17, 15) is 0 Å². The van der Waals surface area contributed by atoms with Gasteiger partial charge in [0.1, 0.15) is 0 Å². The summed E-state index contributed by atoms with van der Waals surface area (Å²) in [5, 5.41) is 15.4. The lowest BCUT2D eigenvalue weighted by atomic mass is 10.1. The van der Waals surface area contributed by atoms with E-state index in [1.54, 1.807) is 6.20 Å².